The Labute approximate surface area is 199 Å². The van der Waals surface area contributed by atoms with Crippen molar-refractivity contribution < 1.29 is 19.3 Å². The number of nitrogens with zero attached hydrogens (tertiary/aromatic N) is 3. The van der Waals surface area contributed by atoms with E-state index in [-0.39, 0.29) is 6.79 Å². The van der Waals surface area contributed by atoms with Crippen LogP contribution in [0.25, 0.3) is 0 Å². The van der Waals surface area contributed by atoms with Crippen LogP contribution in [0.4, 0.5) is 23.1 Å². The van der Waals surface area contributed by atoms with Gasteiger partial charge in [0.1, 0.15) is 18.2 Å². The molecule has 0 atom stereocenters. The van der Waals surface area contributed by atoms with E-state index in [2.05, 4.69) is 25.5 Å². The quantitative estimate of drug-likeness (QED) is 0.362. The molecule has 0 amide bonds. The van der Waals surface area contributed by atoms with Gasteiger partial charge >= 0.3 is 0 Å². The Morgan fingerprint density at radius 3 is 2.62 bits per heavy atom. The van der Waals surface area contributed by atoms with Crippen LogP contribution >= 0.6 is 0 Å². The average molecular weight is 466 g/mol. The summed E-state index contributed by atoms with van der Waals surface area (Å²) in [6.07, 6.45) is 4.29. The van der Waals surface area contributed by atoms with Gasteiger partial charge in [-0.2, -0.15) is 4.98 Å². The van der Waals surface area contributed by atoms with Gasteiger partial charge in [0.05, 0.1) is 7.11 Å². The first-order valence-electron chi connectivity index (χ1n) is 11.4. The zero-order valence-electron chi connectivity index (χ0n) is 19.6. The van der Waals surface area contributed by atoms with Gasteiger partial charge in [0.15, 0.2) is 18.3 Å². The standard InChI is InChI=1S/C25H31N5O4/c1-18-16-26-25(29-24(18)27-19-6-5-7-21(14-19)34-17-31)28-20-8-9-22(23(15-20)32-2)33-13-12-30-10-3-4-11-30/h5-9,14-16,31H,3-4,10-13,17H2,1-2H3,(H2,26,27,28,29). The van der Waals surface area contributed by atoms with E-state index in [1.807, 2.05) is 37.3 Å². The number of rotatable bonds is 11. The largest absolute Gasteiger partial charge is 0.493 e. The summed E-state index contributed by atoms with van der Waals surface area (Å²) < 4.78 is 16.6. The van der Waals surface area contributed by atoms with Crippen molar-refractivity contribution in [2.45, 2.75) is 19.8 Å². The fourth-order valence-electron chi connectivity index (χ4n) is 3.79. The molecular formula is C25H31N5O4. The predicted molar refractivity (Wildman–Crippen MR) is 132 cm³/mol. The van der Waals surface area contributed by atoms with E-state index in [1.54, 1.807) is 25.4 Å². The first-order valence-corrected chi connectivity index (χ1v) is 11.4. The van der Waals surface area contributed by atoms with Gasteiger partial charge in [0.25, 0.3) is 0 Å². The number of ether oxygens (including phenoxy) is 3. The maximum atomic E-state index is 8.97. The van der Waals surface area contributed by atoms with E-state index < -0.39 is 0 Å². The Morgan fingerprint density at radius 1 is 1.00 bits per heavy atom. The van der Waals surface area contributed by atoms with Crippen molar-refractivity contribution in [1.82, 2.24) is 14.9 Å². The van der Waals surface area contributed by atoms with E-state index in [0.29, 0.717) is 35.6 Å². The number of hydrogen-bond acceptors (Lipinski definition) is 9. The first-order chi connectivity index (χ1) is 16.6. The van der Waals surface area contributed by atoms with E-state index in [9.17, 15) is 0 Å². The normalized spacial score (nSPS) is 13.5. The fraction of sp³-hybridized carbons (Fsp3) is 0.360. The summed E-state index contributed by atoms with van der Waals surface area (Å²) in [5.74, 6) is 3.03. The zero-order chi connectivity index (χ0) is 23.8. The SMILES string of the molecule is COc1cc(Nc2ncc(C)c(Nc3cccc(OCO)c3)n2)ccc1OCCN1CCCC1. The molecule has 1 aromatic heterocycles. The third-order valence-corrected chi connectivity index (χ3v) is 5.58. The van der Waals surface area contributed by atoms with Crippen LogP contribution in [0.5, 0.6) is 17.2 Å². The highest BCUT2D eigenvalue weighted by atomic mass is 16.6. The summed E-state index contributed by atoms with van der Waals surface area (Å²) in [7, 11) is 1.63. The molecule has 34 heavy (non-hydrogen) atoms. The van der Waals surface area contributed by atoms with Crippen LogP contribution in [0, 0.1) is 6.92 Å². The van der Waals surface area contributed by atoms with Crippen LogP contribution in [0.15, 0.2) is 48.7 Å². The van der Waals surface area contributed by atoms with Gasteiger partial charge in [-0.25, -0.2) is 4.98 Å². The number of nitrogens with one attached hydrogen (secondary N) is 2. The molecule has 0 spiro atoms. The number of aliphatic hydroxyl groups is 1. The molecule has 0 unspecified atom stereocenters. The molecular weight excluding hydrogens is 434 g/mol. The number of anilines is 4. The van der Waals surface area contributed by atoms with Gasteiger partial charge in [-0.3, -0.25) is 4.90 Å². The molecule has 0 bridgehead atoms. The van der Waals surface area contributed by atoms with Gasteiger partial charge < -0.3 is 30.0 Å². The molecule has 180 valence electrons. The Hall–Kier alpha value is -3.56. The smallest absolute Gasteiger partial charge is 0.229 e. The summed E-state index contributed by atoms with van der Waals surface area (Å²) >= 11 is 0. The maximum absolute atomic E-state index is 8.97. The van der Waals surface area contributed by atoms with Crippen molar-refractivity contribution in [3.8, 4) is 17.2 Å². The molecule has 2 aromatic carbocycles. The molecule has 3 aromatic rings. The second kappa shape index (κ2) is 11.5. The second-order valence-electron chi connectivity index (χ2n) is 8.04. The van der Waals surface area contributed by atoms with Crippen LogP contribution in [-0.2, 0) is 0 Å². The maximum Gasteiger partial charge on any atom is 0.229 e. The molecule has 3 N–H and O–H groups in total. The van der Waals surface area contributed by atoms with E-state index in [1.165, 1.54) is 12.8 Å². The monoisotopic (exact) mass is 465 g/mol. The number of likely N-dealkylation sites (tertiary alicyclic amines) is 1. The van der Waals surface area contributed by atoms with Gasteiger partial charge in [-0.15, -0.1) is 0 Å². The van der Waals surface area contributed by atoms with Crippen LogP contribution in [0.3, 0.4) is 0 Å². The predicted octanol–water partition coefficient (Wildman–Crippen LogP) is 4.08. The molecule has 1 fully saturated rings. The van der Waals surface area contributed by atoms with Gasteiger partial charge in [-0.05, 0) is 57.1 Å². The Kier molecular flexibility index (Phi) is 8.00. The van der Waals surface area contributed by atoms with Gasteiger partial charge in [0.2, 0.25) is 5.95 Å². The number of aromatic nitrogens is 2. The number of methoxy groups -OCH3 is 1. The molecule has 4 rings (SSSR count). The minimum Gasteiger partial charge on any atom is -0.493 e. The number of aryl methyl sites for hydroxylation is 1. The Morgan fingerprint density at radius 2 is 1.82 bits per heavy atom. The van der Waals surface area contributed by atoms with E-state index >= 15 is 0 Å². The van der Waals surface area contributed by atoms with E-state index in [4.69, 9.17) is 19.3 Å². The number of aliphatic hydroxyl groups excluding tert-OH is 1. The summed E-state index contributed by atoms with van der Waals surface area (Å²) in [6, 6.07) is 13.0. The van der Waals surface area contributed by atoms with Crippen molar-refractivity contribution in [3.63, 3.8) is 0 Å². The van der Waals surface area contributed by atoms with Crippen molar-refractivity contribution in [2.75, 3.05) is 50.8 Å². The van der Waals surface area contributed by atoms with Crippen molar-refractivity contribution in [1.29, 1.82) is 0 Å². The summed E-state index contributed by atoms with van der Waals surface area (Å²) in [4.78, 5) is 11.4. The second-order valence-corrected chi connectivity index (χ2v) is 8.04. The molecule has 1 aliphatic rings. The highest BCUT2D eigenvalue weighted by Gasteiger charge is 2.13. The Bertz CT molecular complexity index is 1090. The third kappa shape index (κ3) is 6.27. The van der Waals surface area contributed by atoms with E-state index in [0.717, 1.165) is 36.6 Å². The number of benzene rings is 2. The fourth-order valence-corrected chi connectivity index (χ4v) is 3.79. The third-order valence-electron chi connectivity index (χ3n) is 5.58. The topological polar surface area (TPSA) is 101 Å². The summed E-state index contributed by atoms with van der Waals surface area (Å²) in [5.41, 5.74) is 2.46. The lowest BCUT2D eigenvalue weighted by atomic mass is 10.2. The molecule has 2 heterocycles. The lowest BCUT2D eigenvalue weighted by molar-refractivity contribution is 0.0986. The molecule has 0 radical (unpaired) electrons. The highest BCUT2D eigenvalue weighted by Crippen LogP contribution is 2.31. The molecule has 9 heteroatoms. The van der Waals surface area contributed by atoms with Gasteiger partial charge in [0, 0.05) is 41.8 Å². The summed E-state index contributed by atoms with van der Waals surface area (Å²) in [6.45, 7) is 5.40. The average Bonchev–Trinajstić information content (AvgIpc) is 3.36. The van der Waals surface area contributed by atoms with Crippen molar-refractivity contribution in [2.24, 2.45) is 0 Å². The molecule has 9 nitrogen and oxygen atoms in total. The Balaban J connectivity index is 1.42. The van der Waals surface area contributed by atoms with Crippen LogP contribution in [0.1, 0.15) is 18.4 Å². The van der Waals surface area contributed by atoms with Crippen molar-refractivity contribution in [3.05, 3.63) is 54.2 Å². The zero-order valence-corrected chi connectivity index (χ0v) is 19.6. The highest BCUT2D eigenvalue weighted by molar-refractivity contribution is 5.64. The van der Waals surface area contributed by atoms with Crippen LogP contribution in [-0.4, -0.2) is 60.1 Å². The minimum absolute atomic E-state index is 0.379. The van der Waals surface area contributed by atoms with Crippen molar-refractivity contribution >= 4 is 23.1 Å². The molecule has 0 saturated carbocycles. The molecule has 1 saturated heterocycles. The summed E-state index contributed by atoms with van der Waals surface area (Å²) in [5, 5.41) is 15.5. The molecule has 0 aliphatic carbocycles. The lowest BCUT2D eigenvalue weighted by Gasteiger charge is -2.17. The van der Waals surface area contributed by atoms with Crippen LogP contribution < -0.4 is 24.8 Å². The lowest BCUT2D eigenvalue weighted by Crippen LogP contribution is -2.25. The minimum atomic E-state index is -0.379. The first kappa shape index (κ1) is 23.6. The van der Waals surface area contributed by atoms with Gasteiger partial charge in [-0.1, -0.05) is 6.07 Å². The van der Waals surface area contributed by atoms with Crippen LogP contribution in [0.2, 0.25) is 0 Å². The molecule has 1 aliphatic heterocycles. The number of hydrogen-bond donors (Lipinski definition) is 3.